The Labute approximate surface area is 143 Å². The van der Waals surface area contributed by atoms with Gasteiger partial charge in [0.05, 0.1) is 12.2 Å². The fourth-order valence-electron chi connectivity index (χ4n) is 2.10. The first-order chi connectivity index (χ1) is 10.9. The Morgan fingerprint density at radius 1 is 1.17 bits per heavy atom. The van der Waals surface area contributed by atoms with Crippen molar-refractivity contribution in [3.05, 3.63) is 51.5 Å². The third kappa shape index (κ3) is 5.06. The molecule has 0 atom stereocenters. The molecule has 124 valence electrons. The number of hydrogen-bond acceptors (Lipinski definition) is 3. The Morgan fingerprint density at radius 2 is 1.87 bits per heavy atom. The summed E-state index contributed by atoms with van der Waals surface area (Å²) in [6.45, 7) is 10.1. The standard InChI is InChI=1S/C18H26N4S/c1-13-8-6-7-9-14(13)10-20-17(19-5)21-11-16-22-15(12-23-16)18(2,3)4/h6-9,12H,10-11H2,1-5H3,(H2,19,20,21). The maximum atomic E-state index is 4.69. The summed E-state index contributed by atoms with van der Waals surface area (Å²) in [6.07, 6.45) is 0. The SMILES string of the molecule is CN=C(NCc1nc(C(C)(C)C)cs1)NCc1ccccc1C. The molecular weight excluding hydrogens is 304 g/mol. The Morgan fingerprint density at radius 3 is 2.48 bits per heavy atom. The van der Waals surface area contributed by atoms with Crippen molar-refractivity contribution in [2.45, 2.75) is 46.2 Å². The lowest BCUT2D eigenvalue weighted by Gasteiger charge is -2.14. The van der Waals surface area contributed by atoms with Gasteiger partial charge in [0.2, 0.25) is 0 Å². The van der Waals surface area contributed by atoms with Crippen molar-refractivity contribution >= 4 is 17.3 Å². The summed E-state index contributed by atoms with van der Waals surface area (Å²) in [6, 6.07) is 8.37. The quantitative estimate of drug-likeness (QED) is 0.665. The van der Waals surface area contributed by atoms with Crippen LogP contribution in [-0.4, -0.2) is 18.0 Å². The molecule has 0 saturated carbocycles. The van der Waals surface area contributed by atoms with Crippen LogP contribution in [0.2, 0.25) is 0 Å². The number of aliphatic imine (C=N–C) groups is 1. The highest BCUT2D eigenvalue weighted by Crippen LogP contribution is 2.23. The molecule has 0 spiro atoms. The molecule has 2 rings (SSSR count). The number of nitrogens with zero attached hydrogens (tertiary/aromatic N) is 2. The predicted molar refractivity (Wildman–Crippen MR) is 99.0 cm³/mol. The van der Waals surface area contributed by atoms with Gasteiger partial charge in [0.25, 0.3) is 0 Å². The lowest BCUT2D eigenvalue weighted by atomic mass is 9.93. The van der Waals surface area contributed by atoms with Crippen LogP contribution in [0.3, 0.4) is 0 Å². The van der Waals surface area contributed by atoms with E-state index in [2.05, 4.69) is 73.0 Å². The molecule has 0 amide bonds. The van der Waals surface area contributed by atoms with E-state index in [0.29, 0.717) is 6.54 Å². The van der Waals surface area contributed by atoms with Gasteiger partial charge >= 0.3 is 0 Å². The largest absolute Gasteiger partial charge is 0.352 e. The zero-order chi connectivity index (χ0) is 16.9. The van der Waals surface area contributed by atoms with Crippen LogP contribution >= 0.6 is 11.3 Å². The van der Waals surface area contributed by atoms with Crippen LogP contribution in [0.15, 0.2) is 34.6 Å². The highest BCUT2D eigenvalue weighted by atomic mass is 32.1. The predicted octanol–water partition coefficient (Wildman–Crippen LogP) is 3.61. The number of benzene rings is 1. The fourth-order valence-corrected chi connectivity index (χ4v) is 3.06. The van der Waals surface area contributed by atoms with E-state index in [9.17, 15) is 0 Å². The molecule has 1 aromatic heterocycles. The van der Waals surface area contributed by atoms with Crippen LogP contribution in [0.1, 0.15) is 42.6 Å². The molecule has 0 aliphatic heterocycles. The van der Waals surface area contributed by atoms with Crippen molar-refractivity contribution in [3.8, 4) is 0 Å². The second kappa shape index (κ2) is 7.59. The van der Waals surface area contributed by atoms with Gasteiger partial charge in [-0.2, -0.15) is 0 Å². The first kappa shape index (κ1) is 17.5. The van der Waals surface area contributed by atoms with E-state index in [4.69, 9.17) is 4.98 Å². The van der Waals surface area contributed by atoms with Crippen molar-refractivity contribution < 1.29 is 0 Å². The van der Waals surface area contributed by atoms with Gasteiger partial charge in [0.15, 0.2) is 5.96 Å². The van der Waals surface area contributed by atoms with Gasteiger partial charge in [-0.15, -0.1) is 11.3 Å². The molecule has 2 aromatic rings. The highest BCUT2D eigenvalue weighted by molar-refractivity contribution is 7.09. The highest BCUT2D eigenvalue weighted by Gasteiger charge is 2.17. The number of nitrogens with one attached hydrogen (secondary N) is 2. The number of thiazole rings is 1. The summed E-state index contributed by atoms with van der Waals surface area (Å²) >= 11 is 1.69. The Bertz CT molecular complexity index is 668. The number of aryl methyl sites for hydroxylation is 1. The van der Waals surface area contributed by atoms with Gasteiger partial charge in [0.1, 0.15) is 5.01 Å². The summed E-state index contributed by atoms with van der Waals surface area (Å²) in [7, 11) is 1.79. The monoisotopic (exact) mass is 330 g/mol. The molecule has 1 aromatic carbocycles. The van der Waals surface area contributed by atoms with Crippen molar-refractivity contribution in [1.82, 2.24) is 15.6 Å². The van der Waals surface area contributed by atoms with Gasteiger partial charge in [-0.3, -0.25) is 4.99 Å². The van der Waals surface area contributed by atoms with Gasteiger partial charge in [-0.05, 0) is 18.1 Å². The average Bonchev–Trinajstić information content (AvgIpc) is 2.98. The molecule has 0 saturated heterocycles. The molecule has 0 fully saturated rings. The minimum absolute atomic E-state index is 0.0967. The molecule has 0 bridgehead atoms. The number of hydrogen-bond donors (Lipinski definition) is 2. The first-order valence-corrected chi connectivity index (χ1v) is 8.72. The summed E-state index contributed by atoms with van der Waals surface area (Å²) in [5.41, 5.74) is 3.80. The average molecular weight is 331 g/mol. The van der Waals surface area contributed by atoms with E-state index in [1.807, 2.05) is 0 Å². The van der Waals surface area contributed by atoms with Gasteiger partial charge in [-0.1, -0.05) is 45.0 Å². The molecule has 0 aliphatic rings. The Kier molecular flexibility index (Phi) is 5.77. The van der Waals surface area contributed by atoms with Gasteiger partial charge < -0.3 is 10.6 Å². The van der Waals surface area contributed by atoms with E-state index in [-0.39, 0.29) is 5.41 Å². The van der Waals surface area contributed by atoms with Crippen LogP contribution in [-0.2, 0) is 18.5 Å². The van der Waals surface area contributed by atoms with Gasteiger partial charge in [-0.25, -0.2) is 4.98 Å². The lowest BCUT2D eigenvalue weighted by Crippen LogP contribution is -2.36. The second-order valence-corrected chi connectivity index (χ2v) is 7.52. The molecule has 5 heteroatoms. The smallest absolute Gasteiger partial charge is 0.191 e. The normalized spacial score (nSPS) is 12.3. The summed E-state index contributed by atoms with van der Waals surface area (Å²) in [4.78, 5) is 8.97. The minimum Gasteiger partial charge on any atom is -0.352 e. The van der Waals surface area contributed by atoms with Gasteiger partial charge in [0, 0.05) is 24.4 Å². The van der Waals surface area contributed by atoms with E-state index in [1.165, 1.54) is 11.1 Å². The Hall–Kier alpha value is -1.88. The van der Waals surface area contributed by atoms with Crippen LogP contribution < -0.4 is 10.6 Å². The molecule has 2 N–H and O–H groups in total. The molecule has 0 unspecified atom stereocenters. The maximum absolute atomic E-state index is 4.69. The van der Waals surface area contributed by atoms with Crippen molar-refractivity contribution in [3.63, 3.8) is 0 Å². The second-order valence-electron chi connectivity index (χ2n) is 6.58. The lowest BCUT2D eigenvalue weighted by molar-refractivity contribution is 0.570. The van der Waals surface area contributed by atoms with Crippen molar-refractivity contribution in [2.75, 3.05) is 7.05 Å². The molecular formula is C18H26N4S. The summed E-state index contributed by atoms with van der Waals surface area (Å²) in [5.74, 6) is 0.792. The number of rotatable bonds is 4. The zero-order valence-electron chi connectivity index (χ0n) is 14.6. The molecule has 1 heterocycles. The third-order valence-corrected chi connectivity index (χ3v) is 4.51. The van der Waals surface area contributed by atoms with Crippen LogP contribution in [0.5, 0.6) is 0 Å². The maximum Gasteiger partial charge on any atom is 0.191 e. The Balaban J connectivity index is 1.88. The fraction of sp³-hybridized carbons (Fsp3) is 0.444. The number of aromatic nitrogens is 1. The van der Waals surface area contributed by atoms with Crippen LogP contribution in [0, 0.1) is 6.92 Å². The van der Waals surface area contributed by atoms with Crippen molar-refractivity contribution in [2.24, 2.45) is 4.99 Å². The first-order valence-electron chi connectivity index (χ1n) is 7.84. The van der Waals surface area contributed by atoms with Crippen LogP contribution in [0.4, 0.5) is 0 Å². The van der Waals surface area contributed by atoms with E-state index in [0.717, 1.165) is 23.2 Å². The molecule has 0 aliphatic carbocycles. The minimum atomic E-state index is 0.0967. The van der Waals surface area contributed by atoms with E-state index < -0.39 is 0 Å². The summed E-state index contributed by atoms with van der Waals surface area (Å²) < 4.78 is 0. The molecule has 4 nitrogen and oxygen atoms in total. The van der Waals surface area contributed by atoms with E-state index >= 15 is 0 Å². The topological polar surface area (TPSA) is 49.3 Å². The van der Waals surface area contributed by atoms with Crippen molar-refractivity contribution in [1.29, 1.82) is 0 Å². The number of guanidine groups is 1. The third-order valence-electron chi connectivity index (χ3n) is 3.66. The summed E-state index contributed by atoms with van der Waals surface area (Å²) in [5, 5.41) is 9.89. The zero-order valence-corrected chi connectivity index (χ0v) is 15.4. The molecule has 23 heavy (non-hydrogen) atoms. The molecule has 0 radical (unpaired) electrons. The van der Waals surface area contributed by atoms with Crippen LogP contribution in [0.25, 0.3) is 0 Å². The van der Waals surface area contributed by atoms with E-state index in [1.54, 1.807) is 18.4 Å².